The second kappa shape index (κ2) is 11.1. The lowest BCUT2D eigenvalue weighted by Crippen LogP contribution is -2.38. The molecular formula is C28H33N5O3. The summed E-state index contributed by atoms with van der Waals surface area (Å²) in [6.07, 6.45) is 5.00. The van der Waals surface area contributed by atoms with E-state index in [4.69, 9.17) is 4.74 Å². The number of ether oxygens (including phenoxy) is 1. The summed E-state index contributed by atoms with van der Waals surface area (Å²) in [4.78, 5) is 28.7. The van der Waals surface area contributed by atoms with Gasteiger partial charge in [-0.05, 0) is 36.8 Å². The molecule has 0 unspecified atom stereocenters. The predicted molar refractivity (Wildman–Crippen MR) is 143 cm³/mol. The maximum absolute atomic E-state index is 13.3. The number of nitrogens with one attached hydrogen (secondary N) is 1. The molecule has 0 spiro atoms. The van der Waals surface area contributed by atoms with Crippen molar-refractivity contribution < 1.29 is 9.53 Å². The number of nitrogens with zero attached hydrogens (tertiary/aromatic N) is 4. The largest absolute Gasteiger partial charge is 0.379 e. The zero-order valence-corrected chi connectivity index (χ0v) is 20.8. The Bertz CT molecular complexity index is 1420. The zero-order chi connectivity index (χ0) is 24.9. The summed E-state index contributed by atoms with van der Waals surface area (Å²) in [5.41, 5.74) is 1.95. The minimum Gasteiger partial charge on any atom is -0.379 e. The number of carbonyl (C=O) groups excluding carboxylic acids is 1. The van der Waals surface area contributed by atoms with Crippen LogP contribution in [0.2, 0.25) is 0 Å². The fraction of sp³-hybridized carbons (Fsp3) is 0.393. The number of aromatic nitrogens is 3. The molecule has 1 N–H and O–H groups in total. The second-order valence-electron chi connectivity index (χ2n) is 9.32. The average Bonchev–Trinajstić information content (AvgIpc) is 3.31. The molecule has 1 aliphatic rings. The van der Waals surface area contributed by atoms with E-state index in [-0.39, 0.29) is 17.2 Å². The molecule has 36 heavy (non-hydrogen) atoms. The highest BCUT2D eigenvalue weighted by Gasteiger charge is 2.17. The quantitative estimate of drug-likeness (QED) is 0.359. The van der Waals surface area contributed by atoms with Crippen LogP contribution in [0, 0.1) is 0 Å². The van der Waals surface area contributed by atoms with Gasteiger partial charge in [0.15, 0.2) is 5.69 Å². The Balaban J connectivity index is 1.35. The van der Waals surface area contributed by atoms with Gasteiger partial charge in [0.25, 0.3) is 11.5 Å². The normalized spacial score (nSPS) is 14.5. The molecule has 0 aliphatic carbocycles. The highest BCUT2D eigenvalue weighted by molar-refractivity contribution is 6.11. The van der Waals surface area contributed by atoms with Crippen molar-refractivity contribution >= 4 is 33.3 Å². The number of amides is 1. The van der Waals surface area contributed by atoms with Crippen LogP contribution in [0.5, 0.6) is 0 Å². The van der Waals surface area contributed by atoms with E-state index in [1.54, 1.807) is 12.1 Å². The summed E-state index contributed by atoms with van der Waals surface area (Å²) >= 11 is 0. The summed E-state index contributed by atoms with van der Waals surface area (Å²) < 4.78 is 9.12. The fourth-order valence-corrected chi connectivity index (χ4v) is 4.80. The highest BCUT2D eigenvalue weighted by atomic mass is 16.5. The molecule has 4 aromatic rings. The smallest absolute Gasteiger partial charge is 0.276 e. The third kappa shape index (κ3) is 5.20. The number of morpholine rings is 1. The van der Waals surface area contributed by atoms with Crippen molar-refractivity contribution in [2.75, 3.05) is 38.2 Å². The van der Waals surface area contributed by atoms with E-state index >= 15 is 0 Å². The fourth-order valence-electron chi connectivity index (χ4n) is 4.80. The molecular weight excluding hydrogens is 454 g/mol. The average molecular weight is 488 g/mol. The molecule has 2 aromatic heterocycles. The van der Waals surface area contributed by atoms with Crippen LogP contribution in [0.1, 0.15) is 36.7 Å². The van der Waals surface area contributed by atoms with Crippen LogP contribution in [0.15, 0.2) is 59.5 Å². The van der Waals surface area contributed by atoms with Crippen LogP contribution >= 0.6 is 0 Å². The highest BCUT2D eigenvalue weighted by Crippen LogP contribution is 2.22. The van der Waals surface area contributed by atoms with Gasteiger partial charge in [-0.25, -0.2) is 4.68 Å². The lowest BCUT2D eigenvalue weighted by molar-refractivity contribution is 0.0365. The number of unbranched alkanes of at least 4 members (excludes halogenated alkanes) is 2. The van der Waals surface area contributed by atoms with Gasteiger partial charge >= 0.3 is 0 Å². The summed E-state index contributed by atoms with van der Waals surface area (Å²) in [5, 5.41) is 9.63. The predicted octanol–water partition coefficient (Wildman–Crippen LogP) is 4.13. The Morgan fingerprint density at radius 1 is 1.00 bits per heavy atom. The van der Waals surface area contributed by atoms with Gasteiger partial charge in [0.2, 0.25) is 0 Å². The van der Waals surface area contributed by atoms with Crippen LogP contribution in [0.4, 0.5) is 5.69 Å². The van der Waals surface area contributed by atoms with Gasteiger partial charge in [0, 0.05) is 60.9 Å². The molecule has 2 aromatic carbocycles. The SMILES string of the molecule is CCCCCn1nc(C(=O)Nc2ccc3c(ccn3CCN3CCOCC3)c2)c2ccccc2c1=O. The monoisotopic (exact) mass is 487 g/mol. The molecule has 1 fully saturated rings. The standard InChI is InChI=1S/C28H33N5O3/c1-2-3-6-12-33-28(35)24-8-5-4-7-23(24)26(30-33)27(34)29-22-9-10-25-21(20-22)11-13-32(25)15-14-31-16-18-36-19-17-31/h4-5,7-11,13,20H,2-3,6,12,14-19H2,1H3,(H,29,34). The lowest BCUT2D eigenvalue weighted by atomic mass is 10.1. The van der Waals surface area contributed by atoms with E-state index in [1.165, 1.54) is 4.68 Å². The van der Waals surface area contributed by atoms with Crippen LogP contribution in [0.25, 0.3) is 21.7 Å². The topological polar surface area (TPSA) is 81.4 Å². The molecule has 8 nitrogen and oxygen atoms in total. The first-order valence-electron chi connectivity index (χ1n) is 12.8. The van der Waals surface area contributed by atoms with E-state index in [0.29, 0.717) is 23.0 Å². The van der Waals surface area contributed by atoms with Gasteiger partial charge in [0.05, 0.1) is 18.6 Å². The van der Waals surface area contributed by atoms with Crippen molar-refractivity contribution in [2.24, 2.45) is 0 Å². The molecule has 1 aliphatic heterocycles. The Kier molecular flexibility index (Phi) is 7.44. The molecule has 0 atom stereocenters. The van der Waals surface area contributed by atoms with E-state index < -0.39 is 0 Å². The van der Waals surface area contributed by atoms with Gasteiger partial charge < -0.3 is 14.6 Å². The van der Waals surface area contributed by atoms with Crippen LogP contribution in [-0.2, 0) is 17.8 Å². The molecule has 3 heterocycles. The molecule has 8 heteroatoms. The van der Waals surface area contributed by atoms with Crippen molar-refractivity contribution in [3.63, 3.8) is 0 Å². The number of hydrogen-bond donors (Lipinski definition) is 1. The van der Waals surface area contributed by atoms with Crippen molar-refractivity contribution in [1.82, 2.24) is 19.2 Å². The third-order valence-electron chi connectivity index (χ3n) is 6.85. The van der Waals surface area contributed by atoms with Gasteiger partial charge in [-0.15, -0.1) is 0 Å². The van der Waals surface area contributed by atoms with E-state index in [9.17, 15) is 9.59 Å². The molecule has 1 saturated heterocycles. The molecule has 0 radical (unpaired) electrons. The Hall–Kier alpha value is -3.49. The number of fused-ring (bicyclic) bond motifs is 2. The van der Waals surface area contributed by atoms with Crippen molar-refractivity contribution in [1.29, 1.82) is 0 Å². The van der Waals surface area contributed by atoms with Gasteiger partial charge in [-0.3, -0.25) is 14.5 Å². The number of rotatable bonds is 9. The second-order valence-corrected chi connectivity index (χ2v) is 9.32. The van der Waals surface area contributed by atoms with E-state index in [0.717, 1.165) is 69.6 Å². The molecule has 0 saturated carbocycles. The lowest BCUT2D eigenvalue weighted by Gasteiger charge is -2.26. The molecule has 1 amide bonds. The van der Waals surface area contributed by atoms with Crippen molar-refractivity contribution in [3.8, 4) is 0 Å². The number of benzene rings is 2. The van der Waals surface area contributed by atoms with Gasteiger partial charge in [-0.2, -0.15) is 5.10 Å². The first-order chi connectivity index (χ1) is 17.6. The first kappa shape index (κ1) is 24.2. The van der Waals surface area contributed by atoms with E-state index in [1.807, 2.05) is 30.3 Å². The minimum absolute atomic E-state index is 0.155. The maximum Gasteiger partial charge on any atom is 0.276 e. The van der Waals surface area contributed by atoms with Crippen LogP contribution in [-0.4, -0.2) is 58.0 Å². The zero-order valence-electron chi connectivity index (χ0n) is 20.8. The summed E-state index contributed by atoms with van der Waals surface area (Å²) in [7, 11) is 0. The number of hydrogen-bond acceptors (Lipinski definition) is 5. The maximum atomic E-state index is 13.3. The molecule has 188 valence electrons. The summed E-state index contributed by atoms with van der Waals surface area (Å²) in [6.45, 7) is 8.06. The number of anilines is 1. The van der Waals surface area contributed by atoms with E-state index in [2.05, 4.69) is 39.1 Å². The van der Waals surface area contributed by atoms with Crippen molar-refractivity contribution in [2.45, 2.75) is 39.3 Å². The Labute approximate surface area is 210 Å². The van der Waals surface area contributed by atoms with Gasteiger partial charge in [0.1, 0.15) is 0 Å². The Morgan fingerprint density at radius 3 is 2.61 bits per heavy atom. The van der Waals surface area contributed by atoms with Crippen LogP contribution in [0.3, 0.4) is 0 Å². The van der Waals surface area contributed by atoms with Gasteiger partial charge in [-0.1, -0.05) is 38.0 Å². The third-order valence-corrected chi connectivity index (χ3v) is 6.85. The molecule has 0 bridgehead atoms. The first-order valence-corrected chi connectivity index (χ1v) is 12.8. The van der Waals surface area contributed by atoms with Crippen molar-refractivity contribution in [3.05, 3.63) is 70.8 Å². The Morgan fingerprint density at radius 2 is 1.81 bits per heavy atom. The number of carbonyl (C=O) groups is 1. The van der Waals surface area contributed by atoms with Crippen LogP contribution < -0.4 is 10.9 Å². The number of aryl methyl sites for hydroxylation is 1. The minimum atomic E-state index is -0.318. The molecule has 5 rings (SSSR count). The summed E-state index contributed by atoms with van der Waals surface area (Å²) in [5.74, 6) is -0.318. The summed E-state index contributed by atoms with van der Waals surface area (Å²) in [6, 6.07) is 15.2.